The molecule has 1 heterocycles. The van der Waals surface area contributed by atoms with E-state index in [9.17, 15) is 12.8 Å². The van der Waals surface area contributed by atoms with Gasteiger partial charge < -0.3 is 5.32 Å². The minimum Gasteiger partial charge on any atom is -0.316 e. The van der Waals surface area contributed by atoms with Gasteiger partial charge in [0.2, 0.25) is 10.0 Å². The lowest BCUT2D eigenvalue weighted by atomic mass is 10.2. The zero-order valence-electron chi connectivity index (χ0n) is 10.9. The second-order valence-electron chi connectivity index (χ2n) is 4.26. The SMILES string of the molecule is CNCc1csc(S(=O)(=O)NCc2cccc(F)c2)c1. The molecule has 4 nitrogen and oxygen atoms in total. The average Bonchev–Trinajstić information content (AvgIpc) is 2.87. The normalized spacial score (nSPS) is 11.7. The predicted octanol–water partition coefficient (Wildman–Crippen LogP) is 2.09. The summed E-state index contributed by atoms with van der Waals surface area (Å²) in [5.74, 6) is -0.380. The van der Waals surface area contributed by atoms with Crippen LogP contribution in [0.4, 0.5) is 4.39 Å². The van der Waals surface area contributed by atoms with Crippen LogP contribution in [0.25, 0.3) is 0 Å². The summed E-state index contributed by atoms with van der Waals surface area (Å²) in [5, 5.41) is 4.76. The Morgan fingerprint density at radius 3 is 2.70 bits per heavy atom. The van der Waals surface area contributed by atoms with Gasteiger partial charge in [-0.3, -0.25) is 0 Å². The molecular formula is C13H15FN2O2S2. The molecule has 0 aliphatic carbocycles. The molecule has 108 valence electrons. The molecule has 0 saturated carbocycles. The van der Waals surface area contributed by atoms with Gasteiger partial charge in [0.1, 0.15) is 10.0 Å². The summed E-state index contributed by atoms with van der Waals surface area (Å²) in [6, 6.07) is 7.49. The summed E-state index contributed by atoms with van der Waals surface area (Å²) < 4.78 is 39.9. The van der Waals surface area contributed by atoms with Crippen molar-refractivity contribution < 1.29 is 12.8 Å². The topological polar surface area (TPSA) is 58.2 Å². The maximum Gasteiger partial charge on any atom is 0.250 e. The second-order valence-corrected chi connectivity index (χ2v) is 7.16. The van der Waals surface area contributed by atoms with Crippen molar-refractivity contribution >= 4 is 21.4 Å². The number of benzene rings is 1. The highest BCUT2D eigenvalue weighted by Crippen LogP contribution is 2.20. The molecule has 0 spiro atoms. The molecule has 0 atom stereocenters. The third kappa shape index (κ3) is 3.86. The first-order valence-electron chi connectivity index (χ1n) is 5.97. The summed E-state index contributed by atoms with van der Waals surface area (Å²) in [4.78, 5) is 0. The van der Waals surface area contributed by atoms with E-state index in [1.165, 1.54) is 23.5 Å². The molecular weight excluding hydrogens is 299 g/mol. The van der Waals surface area contributed by atoms with Crippen molar-refractivity contribution in [2.45, 2.75) is 17.3 Å². The number of hydrogen-bond donors (Lipinski definition) is 2. The molecule has 7 heteroatoms. The van der Waals surface area contributed by atoms with Gasteiger partial charge >= 0.3 is 0 Å². The first-order chi connectivity index (χ1) is 9.51. The fourth-order valence-corrected chi connectivity index (χ4v) is 3.96. The van der Waals surface area contributed by atoms with Gasteiger partial charge in [0, 0.05) is 13.1 Å². The molecule has 0 radical (unpaired) electrons. The van der Waals surface area contributed by atoms with E-state index < -0.39 is 10.0 Å². The number of rotatable bonds is 6. The smallest absolute Gasteiger partial charge is 0.250 e. The Morgan fingerprint density at radius 1 is 1.20 bits per heavy atom. The van der Waals surface area contributed by atoms with Crippen LogP contribution in [-0.2, 0) is 23.1 Å². The summed E-state index contributed by atoms with van der Waals surface area (Å²) in [6.07, 6.45) is 0. The molecule has 20 heavy (non-hydrogen) atoms. The quantitative estimate of drug-likeness (QED) is 0.858. The number of sulfonamides is 1. The Morgan fingerprint density at radius 2 is 2.00 bits per heavy atom. The van der Waals surface area contributed by atoms with Crippen molar-refractivity contribution in [3.63, 3.8) is 0 Å². The zero-order chi connectivity index (χ0) is 14.6. The maximum absolute atomic E-state index is 13.0. The molecule has 1 aromatic carbocycles. The van der Waals surface area contributed by atoms with Crippen molar-refractivity contribution in [3.05, 3.63) is 52.7 Å². The van der Waals surface area contributed by atoms with E-state index >= 15 is 0 Å². The van der Waals surface area contributed by atoms with Gasteiger partial charge in [-0.05, 0) is 41.8 Å². The standard InChI is InChI=1S/C13H15FN2O2S2/c1-15-7-11-6-13(19-9-11)20(17,18)16-8-10-3-2-4-12(14)5-10/h2-6,9,15-16H,7-8H2,1H3. The van der Waals surface area contributed by atoms with Crippen molar-refractivity contribution in [1.82, 2.24) is 10.0 Å². The van der Waals surface area contributed by atoms with Gasteiger partial charge in [-0.2, -0.15) is 0 Å². The van der Waals surface area contributed by atoms with Gasteiger partial charge in [0.05, 0.1) is 0 Å². The Labute approximate surface area is 121 Å². The zero-order valence-corrected chi connectivity index (χ0v) is 12.5. The third-order valence-corrected chi connectivity index (χ3v) is 5.52. The predicted molar refractivity (Wildman–Crippen MR) is 77.5 cm³/mol. The van der Waals surface area contributed by atoms with Gasteiger partial charge in [-0.1, -0.05) is 12.1 Å². The number of nitrogens with one attached hydrogen (secondary N) is 2. The summed E-state index contributed by atoms with van der Waals surface area (Å²) in [7, 11) is -1.75. The largest absolute Gasteiger partial charge is 0.316 e. The lowest BCUT2D eigenvalue weighted by molar-refractivity contribution is 0.582. The van der Waals surface area contributed by atoms with Crippen LogP contribution in [0.3, 0.4) is 0 Å². The first-order valence-corrected chi connectivity index (χ1v) is 8.33. The van der Waals surface area contributed by atoms with E-state index in [1.54, 1.807) is 30.6 Å². The van der Waals surface area contributed by atoms with Crippen LogP contribution in [-0.4, -0.2) is 15.5 Å². The first kappa shape index (κ1) is 15.1. The highest BCUT2D eigenvalue weighted by molar-refractivity contribution is 7.91. The lowest BCUT2D eigenvalue weighted by Crippen LogP contribution is -2.22. The van der Waals surface area contributed by atoms with Crippen LogP contribution in [0, 0.1) is 5.82 Å². The third-order valence-electron chi connectivity index (χ3n) is 2.63. The summed E-state index contributed by atoms with van der Waals surface area (Å²) in [6.45, 7) is 0.690. The monoisotopic (exact) mass is 314 g/mol. The molecule has 0 fully saturated rings. The summed E-state index contributed by atoms with van der Waals surface area (Å²) >= 11 is 1.17. The molecule has 2 rings (SSSR count). The highest BCUT2D eigenvalue weighted by atomic mass is 32.2. The van der Waals surface area contributed by atoms with Crippen molar-refractivity contribution in [2.24, 2.45) is 0 Å². The van der Waals surface area contributed by atoms with Crippen LogP contribution in [0.1, 0.15) is 11.1 Å². The minimum atomic E-state index is -3.55. The summed E-state index contributed by atoms with van der Waals surface area (Å²) in [5.41, 5.74) is 1.50. The van der Waals surface area contributed by atoms with Crippen LogP contribution in [0.5, 0.6) is 0 Å². The number of hydrogen-bond acceptors (Lipinski definition) is 4. The molecule has 0 aliphatic rings. The Kier molecular flexibility index (Phi) is 4.87. The maximum atomic E-state index is 13.0. The van der Waals surface area contributed by atoms with Crippen molar-refractivity contribution in [2.75, 3.05) is 7.05 Å². The Bertz CT molecular complexity index is 683. The van der Waals surface area contributed by atoms with Gasteiger partial charge in [-0.25, -0.2) is 17.5 Å². The van der Waals surface area contributed by atoms with E-state index in [1.807, 2.05) is 0 Å². The fraction of sp³-hybridized carbons (Fsp3) is 0.231. The van der Waals surface area contributed by atoms with E-state index in [2.05, 4.69) is 10.0 Å². The second kappa shape index (κ2) is 6.45. The van der Waals surface area contributed by atoms with Crippen LogP contribution < -0.4 is 10.0 Å². The van der Waals surface area contributed by atoms with Gasteiger partial charge in [-0.15, -0.1) is 11.3 Å². The molecule has 1 aromatic heterocycles. The fourth-order valence-electron chi connectivity index (χ4n) is 1.69. The van der Waals surface area contributed by atoms with E-state index in [0.29, 0.717) is 12.1 Å². The van der Waals surface area contributed by atoms with Crippen LogP contribution >= 0.6 is 11.3 Å². The van der Waals surface area contributed by atoms with Gasteiger partial charge in [0.15, 0.2) is 0 Å². The van der Waals surface area contributed by atoms with E-state index in [4.69, 9.17) is 0 Å². The molecule has 2 aromatic rings. The minimum absolute atomic E-state index is 0.0688. The molecule has 0 bridgehead atoms. The van der Waals surface area contributed by atoms with E-state index in [0.717, 1.165) is 5.56 Å². The number of halogens is 1. The molecule has 0 amide bonds. The Hall–Kier alpha value is -1.28. The van der Waals surface area contributed by atoms with Crippen molar-refractivity contribution in [3.8, 4) is 0 Å². The van der Waals surface area contributed by atoms with Crippen LogP contribution in [0.2, 0.25) is 0 Å². The number of thiophene rings is 1. The molecule has 2 N–H and O–H groups in total. The molecule has 0 saturated heterocycles. The van der Waals surface area contributed by atoms with Crippen LogP contribution in [0.15, 0.2) is 39.9 Å². The molecule has 0 aliphatic heterocycles. The average molecular weight is 314 g/mol. The highest BCUT2D eigenvalue weighted by Gasteiger charge is 2.16. The molecule has 0 unspecified atom stereocenters. The Balaban J connectivity index is 2.06. The van der Waals surface area contributed by atoms with Gasteiger partial charge in [0.25, 0.3) is 0 Å². The van der Waals surface area contributed by atoms with E-state index in [-0.39, 0.29) is 16.6 Å². The van der Waals surface area contributed by atoms with Crippen molar-refractivity contribution in [1.29, 1.82) is 0 Å². The lowest BCUT2D eigenvalue weighted by Gasteiger charge is -2.05.